The predicted octanol–water partition coefficient (Wildman–Crippen LogP) is 13.5. The van der Waals surface area contributed by atoms with Crippen molar-refractivity contribution in [2.24, 2.45) is 0 Å². The molecule has 3 heterocycles. The van der Waals surface area contributed by atoms with Gasteiger partial charge in [-0.2, -0.15) is 0 Å². The van der Waals surface area contributed by atoms with E-state index in [1.165, 1.54) is 27.4 Å². The number of furan rings is 2. The van der Waals surface area contributed by atoms with Crippen molar-refractivity contribution >= 4 is 77.9 Å². The molecule has 0 bridgehead atoms. The summed E-state index contributed by atoms with van der Waals surface area (Å²) in [5.41, 5.74) is 12.7. The van der Waals surface area contributed by atoms with E-state index < -0.39 is 0 Å². The van der Waals surface area contributed by atoms with Gasteiger partial charge < -0.3 is 18.3 Å². The molecule has 10 aromatic rings. The van der Waals surface area contributed by atoms with Crippen molar-refractivity contribution in [1.29, 1.82) is 0 Å². The van der Waals surface area contributed by atoms with Crippen LogP contribution in [0.15, 0.2) is 173 Å². The minimum Gasteiger partial charge on any atom is -0.458 e. The van der Waals surface area contributed by atoms with Gasteiger partial charge in [0.2, 0.25) is 0 Å². The molecule has 1 aliphatic rings. The van der Waals surface area contributed by atoms with Crippen molar-refractivity contribution in [1.82, 2.24) is 4.57 Å². The highest BCUT2D eigenvalue weighted by Gasteiger charge is 2.24. The first-order valence-corrected chi connectivity index (χ1v) is 17.9. The summed E-state index contributed by atoms with van der Waals surface area (Å²) in [6.45, 7) is 0. The standard InChI is InChI=1S/C48H32N2O2/c1-5-17-41-35(11-1)36-12-2-6-18-42(36)49(41)33-27-23-31(24-28-33)32-25-29-34(30-26-32)50(43-19-9-15-39-37-13-3-7-21-45(37)51-47(39)43)44-20-10-16-40-38-14-4-8-22-46(38)52-48(40)44/h1-7,9-21,23-30H,8,22H2. The monoisotopic (exact) mass is 668 g/mol. The van der Waals surface area contributed by atoms with Crippen LogP contribution in [-0.2, 0) is 6.42 Å². The van der Waals surface area contributed by atoms with Crippen LogP contribution in [0.4, 0.5) is 17.1 Å². The third-order valence-corrected chi connectivity index (χ3v) is 10.7. The Balaban J connectivity index is 1.04. The molecular weight excluding hydrogens is 637 g/mol. The summed E-state index contributed by atoms with van der Waals surface area (Å²) < 4.78 is 15.6. The summed E-state index contributed by atoms with van der Waals surface area (Å²) >= 11 is 0. The summed E-state index contributed by atoms with van der Waals surface area (Å²) in [4.78, 5) is 2.29. The molecule has 7 aromatic carbocycles. The molecule has 11 rings (SSSR count). The third-order valence-electron chi connectivity index (χ3n) is 10.7. The molecule has 0 N–H and O–H groups in total. The predicted molar refractivity (Wildman–Crippen MR) is 215 cm³/mol. The molecule has 52 heavy (non-hydrogen) atoms. The number of hydrogen-bond acceptors (Lipinski definition) is 3. The van der Waals surface area contributed by atoms with Gasteiger partial charge in [0, 0.05) is 50.3 Å². The molecule has 0 saturated heterocycles. The van der Waals surface area contributed by atoms with Crippen LogP contribution in [-0.4, -0.2) is 4.57 Å². The number of nitrogens with zero attached hydrogens (tertiary/aromatic N) is 2. The second kappa shape index (κ2) is 11.4. The highest BCUT2D eigenvalue weighted by Crippen LogP contribution is 2.46. The van der Waals surface area contributed by atoms with Gasteiger partial charge >= 0.3 is 0 Å². The maximum atomic E-state index is 6.68. The van der Waals surface area contributed by atoms with Crippen molar-refractivity contribution in [3.05, 3.63) is 175 Å². The molecule has 0 atom stereocenters. The van der Waals surface area contributed by atoms with Gasteiger partial charge in [-0.3, -0.25) is 0 Å². The number of para-hydroxylation sites is 5. The molecule has 0 aliphatic heterocycles. The highest BCUT2D eigenvalue weighted by molar-refractivity contribution is 6.12. The van der Waals surface area contributed by atoms with E-state index in [9.17, 15) is 0 Å². The Bertz CT molecular complexity index is 2960. The Labute approximate surface area is 300 Å². The van der Waals surface area contributed by atoms with Gasteiger partial charge in [-0.25, -0.2) is 0 Å². The fourth-order valence-corrected chi connectivity index (χ4v) is 8.26. The topological polar surface area (TPSA) is 34.5 Å². The lowest BCUT2D eigenvalue weighted by atomic mass is 10.0. The summed E-state index contributed by atoms with van der Waals surface area (Å²) in [6, 6.07) is 56.2. The van der Waals surface area contributed by atoms with E-state index >= 15 is 0 Å². The van der Waals surface area contributed by atoms with E-state index in [-0.39, 0.29) is 0 Å². The van der Waals surface area contributed by atoms with Gasteiger partial charge in [0.15, 0.2) is 11.2 Å². The van der Waals surface area contributed by atoms with E-state index in [1.54, 1.807) is 0 Å². The molecule has 0 radical (unpaired) electrons. The van der Waals surface area contributed by atoms with Crippen LogP contribution in [0.3, 0.4) is 0 Å². The first-order valence-electron chi connectivity index (χ1n) is 17.9. The molecule has 0 amide bonds. The maximum Gasteiger partial charge on any atom is 0.159 e. The van der Waals surface area contributed by atoms with Crippen molar-refractivity contribution < 1.29 is 8.83 Å². The largest absolute Gasteiger partial charge is 0.458 e. The van der Waals surface area contributed by atoms with Gasteiger partial charge in [-0.1, -0.05) is 115 Å². The fraction of sp³-hybridized carbons (Fsp3) is 0.0417. The van der Waals surface area contributed by atoms with Gasteiger partial charge in [0.1, 0.15) is 11.3 Å². The van der Waals surface area contributed by atoms with Crippen LogP contribution >= 0.6 is 0 Å². The minimum atomic E-state index is 0.849. The van der Waals surface area contributed by atoms with Gasteiger partial charge in [-0.15, -0.1) is 0 Å². The number of aryl methyl sites for hydroxylation is 1. The Hall–Kier alpha value is -6.78. The Morgan fingerprint density at radius 2 is 1.06 bits per heavy atom. The lowest BCUT2D eigenvalue weighted by Gasteiger charge is -2.26. The average Bonchev–Trinajstić information content (AvgIpc) is 3.89. The van der Waals surface area contributed by atoms with Crippen molar-refractivity contribution in [2.45, 2.75) is 12.8 Å². The van der Waals surface area contributed by atoms with Crippen LogP contribution in [0.25, 0.3) is 77.6 Å². The number of aromatic nitrogens is 1. The molecule has 3 aromatic heterocycles. The maximum absolute atomic E-state index is 6.68. The van der Waals surface area contributed by atoms with Crippen molar-refractivity contribution in [3.63, 3.8) is 0 Å². The fourth-order valence-electron chi connectivity index (χ4n) is 8.26. The SMILES string of the molecule is C1=Cc2c(oc3c(N(c4ccc(-c5ccc(-n6c7ccccc7c7ccccc76)cc5)cc4)c4cccc5c4oc4ccccc45)cccc23)CC1. The van der Waals surface area contributed by atoms with E-state index in [0.717, 1.165) is 85.4 Å². The quantitative estimate of drug-likeness (QED) is 0.183. The zero-order valence-corrected chi connectivity index (χ0v) is 28.3. The Morgan fingerprint density at radius 3 is 1.77 bits per heavy atom. The van der Waals surface area contributed by atoms with Crippen LogP contribution in [0.1, 0.15) is 17.7 Å². The zero-order valence-electron chi connectivity index (χ0n) is 28.3. The van der Waals surface area contributed by atoms with Crippen LogP contribution in [0.2, 0.25) is 0 Å². The normalized spacial score (nSPS) is 12.8. The molecular formula is C48H32N2O2. The van der Waals surface area contributed by atoms with E-state index in [2.05, 4.69) is 167 Å². The first kappa shape index (κ1) is 29.0. The number of fused-ring (bicyclic) bond motifs is 9. The summed E-state index contributed by atoms with van der Waals surface area (Å²) in [5.74, 6) is 1.05. The van der Waals surface area contributed by atoms with Crippen LogP contribution < -0.4 is 4.90 Å². The van der Waals surface area contributed by atoms with E-state index in [1.807, 2.05) is 12.1 Å². The van der Waals surface area contributed by atoms with Crippen molar-refractivity contribution in [3.8, 4) is 16.8 Å². The van der Waals surface area contributed by atoms with E-state index in [4.69, 9.17) is 8.83 Å². The second-order valence-corrected chi connectivity index (χ2v) is 13.6. The number of allylic oxidation sites excluding steroid dienone is 1. The molecule has 0 spiro atoms. The lowest BCUT2D eigenvalue weighted by molar-refractivity contribution is 0.546. The highest BCUT2D eigenvalue weighted by atomic mass is 16.3. The van der Waals surface area contributed by atoms with Crippen LogP contribution in [0.5, 0.6) is 0 Å². The molecule has 4 heteroatoms. The number of hydrogen-bond donors (Lipinski definition) is 0. The second-order valence-electron chi connectivity index (χ2n) is 13.6. The molecule has 246 valence electrons. The molecule has 0 unspecified atom stereocenters. The van der Waals surface area contributed by atoms with Gasteiger partial charge in [0.25, 0.3) is 0 Å². The van der Waals surface area contributed by atoms with Crippen molar-refractivity contribution in [2.75, 3.05) is 4.90 Å². The van der Waals surface area contributed by atoms with Gasteiger partial charge in [0.05, 0.1) is 22.4 Å². The summed E-state index contributed by atoms with van der Waals surface area (Å²) in [6.07, 6.45) is 6.35. The third kappa shape index (κ3) is 4.34. The Morgan fingerprint density at radius 1 is 0.481 bits per heavy atom. The average molecular weight is 669 g/mol. The summed E-state index contributed by atoms with van der Waals surface area (Å²) in [5, 5.41) is 5.86. The smallest absolute Gasteiger partial charge is 0.159 e. The Kier molecular flexibility index (Phi) is 6.34. The molecule has 0 fully saturated rings. The molecule has 4 nitrogen and oxygen atoms in total. The number of anilines is 3. The molecule has 0 saturated carbocycles. The first-order chi connectivity index (χ1) is 25.8. The summed E-state index contributed by atoms with van der Waals surface area (Å²) in [7, 11) is 0. The number of rotatable bonds is 5. The minimum absolute atomic E-state index is 0.849. The lowest BCUT2D eigenvalue weighted by Crippen LogP contribution is -2.10. The van der Waals surface area contributed by atoms with Gasteiger partial charge in [-0.05, 0) is 72.1 Å². The van der Waals surface area contributed by atoms with E-state index in [0.29, 0.717) is 0 Å². The molecule has 1 aliphatic carbocycles. The zero-order chi connectivity index (χ0) is 34.2. The number of benzene rings is 7. The van der Waals surface area contributed by atoms with Crippen LogP contribution in [0, 0.1) is 0 Å².